The van der Waals surface area contributed by atoms with E-state index in [0.717, 1.165) is 0 Å². The van der Waals surface area contributed by atoms with Gasteiger partial charge in [0.15, 0.2) is 0 Å². The summed E-state index contributed by atoms with van der Waals surface area (Å²) >= 11 is 1.88. The standard InChI is InChI=1S/C3H2BrF3/c4-3(6,7)1-2-5/h1-2H. The summed E-state index contributed by atoms with van der Waals surface area (Å²) in [6, 6.07) is 0. The van der Waals surface area contributed by atoms with Gasteiger partial charge in [-0.25, -0.2) is 4.39 Å². The van der Waals surface area contributed by atoms with Crippen LogP contribution in [0, 0.1) is 0 Å². The Morgan fingerprint density at radius 1 is 1.43 bits per heavy atom. The summed E-state index contributed by atoms with van der Waals surface area (Å²) in [5, 5.41) is 0. The van der Waals surface area contributed by atoms with E-state index >= 15 is 0 Å². The van der Waals surface area contributed by atoms with Crippen LogP contribution in [0.2, 0.25) is 0 Å². The van der Waals surface area contributed by atoms with E-state index in [1.807, 2.05) is 15.9 Å². The molecule has 0 aliphatic carbocycles. The second-order valence-electron chi connectivity index (χ2n) is 0.834. The van der Waals surface area contributed by atoms with Gasteiger partial charge in [-0.3, -0.25) is 0 Å². The Bertz CT molecular complexity index is 72.7. The molecule has 42 valence electrons. The minimum Gasteiger partial charge on any atom is -0.216 e. The van der Waals surface area contributed by atoms with Gasteiger partial charge in [-0.1, -0.05) is 0 Å². The maximum absolute atomic E-state index is 11.3. The van der Waals surface area contributed by atoms with Crippen LogP contribution in [0.25, 0.3) is 0 Å². The second-order valence-corrected chi connectivity index (χ2v) is 1.89. The summed E-state index contributed by atoms with van der Waals surface area (Å²) in [5.41, 5.74) is 0. The van der Waals surface area contributed by atoms with Gasteiger partial charge in [0.2, 0.25) is 0 Å². The molecular formula is C3H2BrF3. The topological polar surface area (TPSA) is 0 Å². The average molecular weight is 175 g/mol. The molecule has 0 N–H and O–H groups in total. The number of allylic oxidation sites excluding steroid dienone is 1. The maximum atomic E-state index is 11.3. The van der Waals surface area contributed by atoms with Crippen LogP contribution in [-0.4, -0.2) is 4.83 Å². The predicted molar refractivity (Wildman–Crippen MR) is 24.1 cm³/mol. The SMILES string of the molecule is FC=CC(F)(F)Br. The molecule has 0 aliphatic rings. The Morgan fingerprint density at radius 2 is 1.86 bits per heavy atom. The first-order valence-corrected chi connectivity index (χ1v) is 2.20. The lowest BCUT2D eigenvalue weighted by atomic mass is 10.7. The molecule has 0 aromatic carbocycles. The van der Waals surface area contributed by atoms with Gasteiger partial charge in [0.25, 0.3) is 0 Å². The van der Waals surface area contributed by atoms with Gasteiger partial charge in [-0.05, 0) is 15.9 Å². The molecule has 0 aromatic heterocycles. The van der Waals surface area contributed by atoms with Gasteiger partial charge in [-0.15, -0.1) is 0 Å². The summed E-state index contributed by atoms with van der Waals surface area (Å²) in [7, 11) is 0. The van der Waals surface area contributed by atoms with E-state index in [0.29, 0.717) is 0 Å². The highest BCUT2D eigenvalue weighted by molar-refractivity contribution is 9.10. The Hall–Kier alpha value is 0.01000. The van der Waals surface area contributed by atoms with Crippen molar-refractivity contribution in [3.63, 3.8) is 0 Å². The zero-order valence-electron chi connectivity index (χ0n) is 3.17. The number of rotatable bonds is 1. The fourth-order valence-corrected chi connectivity index (χ4v) is 0.171. The molecule has 0 aromatic rings. The lowest BCUT2D eigenvalue weighted by Gasteiger charge is -1.94. The highest BCUT2D eigenvalue weighted by Gasteiger charge is 2.17. The van der Waals surface area contributed by atoms with Crippen molar-refractivity contribution in [3.05, 3.63) is 12.4 Å². The predicted octanol–water partition coefficient (Wildman–Crippen LogP) is 2.46. The highest BCUT2D eigenvalue weighted by atomic mass is 79.9. The largest absolute Gasteiger partial charge is 0.322 e. The first-order chi connectivity index (χ1) is 3.06. The molecule has 0 saturated heterocycles. The summed E-state index contributed by atoms with van der Waals surface area (Å²) in [5.74, 6) is 0. The molecule has 0 heterocycles. The normalized spacial score (nSPS) is 13.1. The first kappa shape index (κ1) is 7.01. The molecule has 0 spiro atoms. The number of alkyl halides is 3. The van der Waals surface area contributed by atoms with Crippen LogP contribution >= 0.6 is 15.9 Å². The molecular weight excluding hydrogens is 173 g/mol. The fourth-order valence-electron chi connectivity index (χ4n) is 0.0714. The van der Waals surface area contributed by atoms with Gasteiger partial charge in [0, 0.05) is 6.08 Å². The van der Waals surface area contributed by atoms with Crippen molar-refractivity contribution in [3.8, 4) is 0 Å². The van der Waals surface area contributed by atoms with Crippen LogP contribution in [0.1, 0.15) is 0 Å². The van der Waals surface area contributed by atoms with E-state index < -0.39 is 4.83 Å². The maximum Gasteiger partial charge on any atom is 0.322 e. The molecule has 0 fully saturated rings. The highest BCUT2D eigenvalue weighted by Crippen LogP contribution is 2.22. The average Bonchev–Trinajstić information content (AvgIpc) is 1.30. The molecule has 0 unspecified atom stereocenters. The van der Waals surface area contributed by atoms with Gasteiger partial charge in [0.1, 0.15) is 0 Å². The molecule has 0 bridgehead atoms. The Balaban J connectivity index is 3.56. The zero-order chi connectivity index (χ0) is 5.91. The minimum absolute atomic E-state index is 0.104. The molecule has 0 atom stereocenters. The van der Waals surface area contributed by atoms with Crippen LogP contribution < -0.4 is 0 Å². The molecule has 0 nitrogen and oxygen atoms in total. The summed E-state index contributed by atoms with van der Waals surface area (Å²) in [4.78, 5) is -3.19. The Labute approximate surface area is 47.1 Å². The van der Waals surface area contributed by atoms with Crippen LogP contribution in [0.3, 0.4) is 0 Å². The van der Waals surface area contributed by atoms with Crippen molar-refractivity contribution in [1.29, 1.82) is 0 Å². The lowest BCUT2D eigenvalue weighted by molar-refractivity contribution is 0.170. The van der Waals surface area contributed by atoms with Gasteiger partial charge < -0.3 is 0 Å². The first-order valence-electron chi connectivity index (χ1n) is 1.41. The lowest BCUT2D eigenvalue weighted by Crippen LogP contribution is -1.95. The van der Waals surface area contributed by atoms with Crippen LogP contribution in [0.4, 0.5) is 13.2 Å². The van der Waals surface area contributed by atoms with Crippen molar-refractivity contribution in [2.75, 3.05) is 0 Å². The summed E-state index contributed by atoms with van der Waals surface area (Å²) < 4.78 is 33.4. The molecule has 0 amide bonds. The van der Waals surface area contributed by atoms with Crippen LogP contribution in [0.15, 0.2) is 12.4 Å². The molecule has 0 saturated carbocycles. The molecule has 4 heteroatoms. The van der Waals surface area contributed by atoms with Crippen molar-refractivity contribution >= 4 is 15.9 Å². The Kier molecular flexibility index (Phi) is 2.35. The third kappa shape index (κ3) is 6.01. The van der Waals surface area contributed by atoms with Gasteiger partial charge >= 0.3 is 4.83 Å². The zero-order valence-corrected chi connectivity index (χ0v) is 4.75. The van der Waals surface area contributed by atoms with E-state index in [-0.39, 0.29) is 12.4 Å². The summed E-state index contributed by atoms with van der Waals surface area (Å²) in [6.07, 6.45) is -0.109. The van der Waals surface area contributed by atoms with E-state index in [9.17, 15) is 13.2 Å². The fraction of sp³-hybridized carbons (Fsp3) is 0.333. The van der Waals surface area contributed by atoms with Gasteiger partial charge in [-0.2, -0.15) is 8.78 Å². The third-order valence-corrected chi connectivity index (χ3v) is 0.516. The number of halogens is 4. The van der Waals surface area contributed by atoms with E-state index in [2.05, 4.69) is 0 Å². The van der Waals surface area contributed by atoms with Crippen LogP contribution in [0.5, 0.6) is 0 Å². The van der Waals surface area contributed by atoms with Crippen LogP contribution in [-0.2, 0) is 0 Å². The summed E-state index contributed by atoms with van der Waals surface area (Å²) in [6.45, 7) is 0. The second kappa shape index (κ2) is 2.35. The molecule has 0 rings (SSSR count). The minimum atomic E-state index is -3.19. The van der Waals surface area contributed by atoms with E-state index in [1.165, 1.54) is 0 Å². The van der Waals surface area contributed by atoms with E-state index in [1.54, 1.807) is 0 Å². The smallest absolute Gasteiger partial charge is 0.216 e. The number of hydrogen-bond donors (Lipinski definition) is 0. The van der Waals surface area contributed by atoms with Gasteiger partial charge in [0.05, 0.1) is 6.33 Å². The number of hydrogen-bond acceptors (Lipinski definition) is 0. The Morgan fingerprint density at radius 3 is 1.86 bits per heavy atom. The monoisotopic (exact) mass is 174 g/mol. The molecule has 0 aliphatic heterocycles. The quantitative estimate of drug-likeness (QED) is 0.537. The third-order valence-electron chi connectivity index (χ3n) is 0.252. The van der Waals surface area contributed by atoms with E-state index in [4.69, 9.17) is 0 Å². The van der Waals surface area contributed by atoms with Crippen molar-refractivity contribution in [2.24, 2.45) is 0 Å². The van der Waals surface area contributed by atoms with Crippen molar-refractivity contribution < 1.29 is 13.2 Å². The molecule has 0 radical (unpaired) electrons. The van der Waals surface area contributed by atoms with Crippen molar-refractivity contribution in [1.82, 2.24) is 0 Å². The molecule has 7 heavy (non-hydrogen) atoms. The van der Waals surface area contributed by atoms with Crippen molar-refractivity contribution in [2.45, 2.75) is 4.83 Å².